The SMILES string of the molecule is CC(C)(C)OC(=O)[C@@H]1CCC[C@@H]1C(=O)c1ccccc1. The third kappa shape index (κ3) is 3.47. The summed E-state index contributed by atoms with van der Waals surface area (Å²) in [4.78, 5) is 24.8. The Hall–Kier alpha value is -1.64. The van der Waals surface area contributed by atoms with Crippen molar-refractivity contribution in [2.45, 2.75) is 45.6 Å². The Kier molecular flexibility index (Phi) is 4.26. The van der Waals surface area contributed by atoms with Gasteiger partial charge in [-0.25, -0.2) is 0 Å². The Morgan fingerprint density at radius 3 is 2.25 bits per heavy atom. The number of ether oxygens (including phenoxy) is 1. The first-order valence-electron chi connectivity index (χ1n) is 7.20. The second kappa shape index (κ2) is 5.78. The summed E-state index contributed by atoms with van der Waals surface area (Å²) in [6, 6.07) is 9.21. The van der Waals surface area contributed by atoms with Crippen molar-refractivity contribution >= 4 is 11.8 Å². The van der Waals surface area contributed by atoms with Gasteiger partial charge in [0.05, 0.1) is 5.92 Å². The fourth-order valence-electron chi connectivity index (χ4n) is 2.75. The van der Waals surface area contributed by atoms with E-state index in [-0.39, 0.29) is 23.6 Å². The standard InChI is InChI=1S/C17H22O3/c1-17(2,3)20-16(19)14-11-7-10-13(14)15(18)12-8-5-4-6-9-12/h4-6,8-9,13-14H,7,10-11H2,1-3H3/t13-,14+/m0/s1. The van der Waals surface area contributed by atoms with Crippen LogP contribution in [0.4, 0.5) is 0 Å². The van der Waals surface area contributed by atoms with Crippen LogP contribution < -0.4 is 0 Å². The van der Waals surface area contributed by atoms with E-state index in [2.05, 4.69) is 0 Å². The van der Waals surface area contributed by atoms with Crippen molar-refractivity contribution in [2.75, 3.05) is 0 Å². The molecule has 1 fully saturated rings. The fraction of sp³-hybridized carbons (Fsp3) is 0.529. The summed E-state index contributed by atoms with van der Waals surface area (Å²) in [5, 5.41) is 0. The van der Waals surface area contributed by atoms with Crippen LogP contribution in [0, 0.1) is 11.8 Å². The molecule has 0 unspecified atom stereocenters. The molecule has 1 aromatic carbocycles. The molecule has 108 valence electrons. The predicted molar refractivity (Wildman–Crippen MR) is 77.4 cm³/mol. The number of hydrogen-bond donors (Lipinski definition) is 0. The van der Waals surface area contributed by atoms with Crippen molar-refractivity contribution in [1.29, 1.82) is 0 Å². The highest BCUT2D eigenvalue weighted by atomic mass is 16.6. The molecule has 0 aliphatic heterocycles. The molecule has 1 aliphatic carbocycles. The van der Waals surface area contributed by atoms with Crippen LogP contribution in [0.3, 0.4) is 0 Å². The summed E-state index contributed by atoms with van der Waals surface area (Å²) in [6.07, 6.45) is 2.43. The van der Waals surface area contributed by atoms with Gasteiger partial charge in [-0.05, 0) is 33.6 Å². The van der Waals surface area contributed by atoms with E-state index in [4.69, 9.17) is 4.74 Å². The molecule has 2 atom stereocenters. The number of rotatable bonds is 3. The smallest absolute Gasteiger partial charge is 0.310 e. The van der Waals surface area contributed by atoms with Gasteiger partial charge in [-0.3, -0.25) is 9.59 Å². The third-order valence-electron chi connectivity index (χ3n) is 3.62. The molecule has 2 rings (SSSR count). The summed E-state index contributed by atoms with van der Waals surface area (Å²) in [5.74, 6) is -0.683. The van der Waals surface area contributed by atoms with Gasteiger partial charge in [0.1, 0.15) is 5.60 Å². The average molecular weight is 274 g/mol. The zero-order chi connectivity index (χ0) is 14.8. The van der Waals surface area contributed by atoms with Crippen LogP contribution in [0.1, 0.15) is 50.4 Å². The molecule has 0 bridgehead atoms. The molecule has 0 radical (unpaired) electrons. The minimum atomic E-state index is -0.500. The van der Waals surface area contributed by atoms with Crippen LogP contribution in [-0.4, -0.2) is 17.4 Å². The van der Waals surface area contributed by atoms with Crippen molar-refractivity contribution in [3.63, 3.8) is 0 Å². The Balaban J connectivity index is 2.11. The maximum Gasteiger partial charge on any atom is 0.310 e. The summed E-state index contributed by atoms with van der Waals surface area (Å²) >= 11 is 0. The molecule has 1 aliphatic rings. The van der Waals surface area contributed by atoms with Crippen LogP contribution in [0.5, 0.6) is 0 Å². The van der Waals surface area contributed by atoms with Gasteiger partial charge in [0.25, 0.3) is 0 Å². The van der Waals surface area contributed by atoms with E-state index in [0.29, 0.717) is 5.56 Å². The van der Waals surface area contributed by atoms with E-state index in [1.807, 2.05) is 51.1 Å². The first-order chi connectivity index (χ1) is 9.38. The minimum Gasteiger partial charge on any atom is -0.460 e. The summed E-state index contributed by atoms with van der Waals surface area (Å²) < 4.78 is 5.45. The molecule has 0 heterocycles. The number of hydrogen-bond acceptors (Lipinski definition) is 3. The third-order valence-corrected chi connectivity index (χ3v) is 3.62. The van der Waals surface area contributed by atoms with Gasteiger partial charge >= 0.3 is 5.97 Å². The van der Waals surface area contributed by atoms with E-state index in [0.717, 1.165) is 19.3 Å². The molecular formula is C17H22O3. The van der Waals surface area contributed by atoms with Crippen molar-refractivity contribution in [3.8, 4) is 0 Å². The highest BCUT2D eigenvalue weighted by Crippen LogP contribution is 2.35. The Morgan fingerprint density at radius 1 is 1.05 bits per heavy atom. The molecule has 0 aromatic heterocycles. The molecule has 3 heteroatoms. The van der Waals surface area contributed by atoms with E-state index < -0.39 is 5.60 Å². The van der Waals surface area contributed by atoms with Gasteiger partial charge in [-0.2, -0.15) is 0 Å². The molecule has 1 aromatic rings. The van der Waals surface area contributed by atoms with E-state index >= 15 is 0 Å². The molecule has 0 spiro atoms. The number of carbonyl (C=O) groups is 2. The van der Waals surface area contributed by atoms with Gasteiger partial charge in [-0.1, -0.05) is 36.8 Å². The monoisotopic (exact) mass is 274 g/mol. The molecule has 20 heavy (non-hydrogen) atoms. The van der Waals surface area contributed by atoms with Crippen molar-refractivity contribution in [3.05, 3.63) is 35.9 Å². The quantitative estimate of drug-likeness (QED) is 0.624. The molecule has 1 saturated carbocycles. The van der Waals surface area contributed by atoms with Gasteiger partial charge < -0.3 is 4.74 Å². The van der Waals surface area contributed by atoms with E-state index in [1.54, 1.807) is 0 Å². The average Bonchev–Trinajstić information content (AvgIpc) is 2.86. The summed E-state index contributed by atoms with van der Waals surface area (Å²) in [5.41, 5.74) is 0.188. The Morgan fingerprint density at radius 2 is 1.65 bits per heavy atom. The second-order valence-corrected chi connectivity index (χ2v) is 6.41. The molecule has 3 nitrogen and oxygen atoms in total. The zero-order valence-corrected chi connectivity index (χ0v) is 12.4. The second-order valence-electron chi connectivity index (χ2n) is 6.41. The topological polar surface area (TPSA) is 43.4 Å². The first kappa shape index (κ1) is 14.8. The Labute approximate surface area is 120 Å². The maximum atomic E-state index is 12.5. The summed E-state index contributed by atoms with van der Waals surface area (Å²) in [7, 11) is 0. The van der Waals surface area contributed by atoms with Gasteiger partial charge in [-0.15, -0.1) is 0 Å². The highest BCUT2D eigenvalue weighted by Gasteiger charge is 2.40. The fourth-order valence-corrected chi connectivity index (χ4v) is 2.75. The molecule has 0 N–H and O–H groups in total. The number of carbonyl (C=O) groups excluding carboxylic acids is 2. The maximum absolute atomic E-state index is 12.5. The van der Waals surface area contributed by atoms with Gasteiger partial charge in [0.2, 0.25) is 0 Å². The lowest BCUT2D eigenvalue weighted by atomic mass is 9.88. The zero-order valence-electron chi connectivity index (χ0n) is 12.4. The Bertz CT molecular complexity index is 485. The van der Waals surface area contributed by atoms with Gasteiger partial charge in [0.15, 0.2) is 5.78 Å². The van der Waals surface area contributed by atoms with Crippen molar-refractivity contribution < 1.29 is 14.3 Å². The molecular weight excluding hydrogens is 252 g/mol. The minimum absolute atomic E-state index is 0.0685. The lowest BCUT2D eigenvalue weighted by molar-refractivity contribution is -0.160. The lowest BCUT2D eigenvalue weighted by Crippen LogP contribution is -2.32. The molecule has 0 saturated heterocycles. The number of Topliss-reactive ketones (excluding diaryl/α,β-unsaturated/α-hetero) is 1. The van der Waals surface area contributed by atoms with E-state index in [1.165, 1.54) is 0 Å². The normalized spacial score (nSPS) is 22.6. The van der Waals surface area contributed by atoms with Crippen LogP contribution in [0.2, 0.25) is 0 Å². The largest absolute Gasteiger partial charge is 0.460 e. The van der Waals surface area contributed by atoms with Crippen LogP contribution in [0.25, 0.3) is 0 Å². The van der Waals surface area contributed by atoms with Crippen LogP contribution in [-0.2, 0) is 9.53 Å². The summed E-state index contributed by atoms with van der Waals surface area (Å²) in [6.45, 7) is 5.57. The van der Waals surface area contributed by atoms with Crippen molar-refractivity contribution in [2.24, 2.45) is 11.8 Å². The van der Waals surface area contributed by atoms with Gasteiger partial charge in [0, 0.05) is 11.5 Å². The number of ketones is 1. The lowest BCUT2D eigenvalue weighted by Gasteiger charge is -2.24. The highest BCUT2D eigenvalue weighted by molar-refractivity contribution is 6.00. The van der Waals surface area contributed by atoms with Crippen LogP contribution >= 0.6 is 0 Å². The van der Waals surface area contributed by atoms with E-state index in [9.17, 15) is 9.59 Å². The predicted octanol–water partition coefficient (Wildman–Crippen LogP) is 3.63. The van der Waals surface area contributed by atoms with Crippen LogP contribution in [0.15, 0.2) is 30.3 Å². The molecule has 0 amide bonds. The van der Waals surface area contributed by atoms with Crippen molar-refractivity contribution in [1.82, 2.24) is 0 Å². The first-order valence-corrected chi connectivity index (χ1v) is 7.20. The number of esters is 1. The number of benzene rings is 1.